The molecule has 2 aromatic carbocycles. The lowest BCUT2D eigenvalue weighted by atomic mass is 9.82. The van der Waals surface area contributed by atoms with Crippen molar-refractivity contribution in [1.29, 1.82) is 0 Å². The molecule has 0 unspecified atom stereocenters. The van der Waals surface area contributed by atoms with E-state index in [9.17, 15) is 5.11 Å². The minimum absolute atomic E-state index is 0.204. The number of thiocarbonyl (C=S) groups is 1. The topological polar surface area (TPSA) is 65.5 Å². The fourth-order valence-electron chi connectivity index (χ4n) is 4.01. The zero-order chi connectivity index (χ0) is 20.4. The van der Waals surface area contributed by atoms with E-state index in [1.165, 1.54) is 17.5 Å². The van der Waals surface area contributed by atoms with Gasteiger partial charge in [-0.05, 0) is 99.3 Å². The van der Waals surface area contributed by atoms with Gasteiger partial charge in [-0.2, -0.15) is 0 Å². The Morgan fingerprint density at radius 1 is 1.03 bits per heavy atom. The molecule has 4 N–H and O–H groups in total. The average Bonchev–Trinajstić information content (AvgIpc) is 2.70. The second-order valence-electron chi connectivity index (χ2n) is 7.97. The number of fused-ring (bicyclic) bond motifs is 1. The SMILES string of the molecule is Cc1ccc(NC(=S)NNC2=CC3(CCCCC3)Oc3ccc(O)cc32)cc1C. The predicted molar refractivity (Wildman–Crippen MR) is 121 cm³/mol. The van der Waals surface area contributed by atoms with Crippen molar-refractivity contribution in [3.05, 3.63) is 59.2 Å². The highest BCUT2D eigenvalue weighted by molar-refractivity contribution is 7.80. The number of hydrazine groups is 1. The number of phenolic OH excluding ortho intramolecular Hbond substituents is 1. The van der Waals surface area contributed by atoms with E-state index >= 15 is 0 Å². The molecule has 0 aromatic heterocycles. The molecule has 29 heavy (non-hydrogen) atoms. The first kappa shape index (κ1) is 19.6. The van der Waals surface area contributed by atoms with Crippen molar-refractivity contribution in [2.45, 2.75) is 51.6 Å². The van der Waals surface area contributed by atoms with E-state index in [1.54, 1.807) is 12.1 Å². The number of benzene rings is 2. The van der Waals surface area contributed by atoms with Gasteiger partial charge in [0.25, 0.3) is 0 Å². The number of phenols is 1. The normalized spacial score (nSPS) is 17.0. The third-order valence-corrected chi connectivity index (χ3v) is 5.95. The van der Waals surface area contributed by atoms with Crippen molar-refractivity contribution >= 4 is 28.7 Å². The van der Waals surface area contributed by atoms with E-state index in [-0.39, 0.29) is 11.4 Å². The van der Waals surface area contributed by atoms with Gasteiger partial charge in [0, 0.05) is 11.3 Å². The van der Waals surface area contributed by atoms with Crippen LogP contribution in [-0.2, 0) is 0 Å². The molecule has 0 bridgehead atoms. The molecule has 0 atom stereocenters. The maximum atomic E-state index is 9.96. The summed E-state index contributed by atoms with van der Waals surface area (Å²) < 4.78 is 6.37. The van der Waals surface area contributed by atoms with Crippen molar-refractivity contribution < 1.29 is 9.84 Å². The maximum absolute atomic E-state index is 9.96. The predicted octanol–water partition coefficient (Wildman–Crippen LogP) is 4.94. The molecule has 152 valence electrons. The number of aryl methyl sites for hydroxylation is 2. The maximum Gasteiger partial charge on any atom is 0.189 e. The Hall–Kier alpha value is -2.73. The summed E-state index contributed by atoms with van der Waals surface area (Å²) in [6.45, 7) is 4.16. The number of anilines is 1. The Balaban J connectivity index is 1.51. The smallest absolute Gasteiger partial charge is 0.189 e. The Morgan fingerprint density at radius 3 is 2.59 bits per heavy atom. The largest absolute Gasteiger partial charge is 0.508 e. The number of hydrogen-bond acceptors (Lipinski definition) is 4. The van der Waals surface area contributed by atoms with Crippen LogP contribution >= 0.6 is 12.2 Å². The van der Waals surface area contributed by atoms with Crippen molar-refractivity contribution in [3.63, 3.8) is 0 Å². The van der Waals surface area contributed by atoms with Crippen LogP contribution in [0.2, 0.25) is 0 Å². The van der Waals surface area contributed by atoms with Crippen LogP contribution in [0, 0.1) is 13.8 Å². The highest BCUT2D eigenvalue weighted by atomic mass is 32.1. The van der Waals surface area contributed by atoms with Gasteiger partial charge in [0.1, 0.15) is 17.1 Å². The molecule has 1 aliphatic carbocycles. The quantitative estimate of drug-likeness (QED) is 0.426. The Bertz CT molecular complexity index is 965. The first-order valence-corrected chi connectivity index (χ1v) is 10.5. The number of hydrogen-bond donors (Lipinski definition) is 4. The lowest BCUT2D eigenvalue weighted by Crippen LogP contribution is -2.44. The van der Waals surface area contributed by atoms with Crippen LogP contribution in [-0.4, -0.2) is 15.8 Å². The summed E-state index contributed by atoms with van der Waals surface area (Å²) >= 11 is 5.46. The summed E-state index contributed by atoms with van der Waals surface area (Å²) in [6, 6.07) is 11.4. The number of aromatic hydroxyl groups is 1. The molecular formula is C23H27N3O2S. The van der Waals surface area contributed by atoms with Crippen LogP contribution in [0.5, 0.6) is 11.5 Å². The summed E-state index contributed by atoms with van der Waals surface area (Å²) in [5.41, 5.74) is 11.1. The zero-order valence-electron chi connectivity index (χ0n) is 16.8. The molecule has 2 aliphatic rings. The van der Waals surface area contributed by atoms with E-state index in [2.05, 4.69) is 48.2 Å². The number of nitrogens with one attached hydrogen (secondary N) is 3. The van der Waals surface area contributed by atoms with Gasteiger partial charge < -0.3 is 15.2 Å². The van der Waals surface area contributed by atoms with E-state index in [1.807, 2.05) is 12.1 Å². The van der Waals surface area contributed by atoms with Crippen molar-refractivity contribution in [3.8, 4) is 11.5 Å². The zero-order valence-corrected chi connectivity index (χ0v) is 17.7. The second-order valence-corrected chi connectivity index (χ2v) is 8.38. The van der Waals surface area contributed by atoms with Crippen LogP contribution in [0.4, 0.5) is 5.69 Å². The summed E-state index contributed by atoms with van der Waals surface area (Å²) in [4.78, 5) is 0. The first-order valence-electron chi connectivity index (χ1n) is 10.1. The Kier molecular flexibility index (Phi) is 5.37. The van der Waals surface area contributed by atoms with Crippen LogP contribution in [0.3, 0.4) is 0 Å². The van der Waals surface area contributed by atoms with Crippen LogP contribution < -0.4 is 20.9 Å². The van der Waals surface area contributed by atoms with Gasteiger partial charge >= 0.3 is 0 Å². The molecule has 0 radical (unpaired) electrons. The van der Waals surface area contributed by atoms with Gasteiger partial charge in [0.05, 0.1) is 5.70 Å². The Morgan fingerprint density at radius 2 is 1.83 bits per heavy atom. The number of rotatable bonds is 3. The van der Waals surface area contributed by atoms with Gasteiger partial charge in [0.15, 0.2) is 5.11 Å². The minimum Gasteiger partial charge on any atom is -0.508 e. The molecule has 0 amide bonds. The van der Waals surface area contributed by atoms with E-state index < -0.39 is 0 Å². The molecule has 1 spiro atoms. The van der Waals surface area contributed by atoms with E-state index in [0.717, 1.165) is 48.4 Å². The molecule has 0 saturated heterocycles. The van der Waals surface area contributed by atoms with Crippen LogP contribution in [0.1, 0.15) is 48.8 Å². The third-order valence-electron chi connectivity index (χ3n) is 5.75. The molecular weight excluding hydrogens is 382 g/mol. The Labute approximate surface area is 177 Å². The van der Waals surface area contributed by atoms with E-state index in [0.29, 0.717) is 5.11 Å². The van der Waals surface area contributed by atoms with Gasteiger partial charge in [-0.25, -0.2) is 0 Å². The van der Waals surface area contributed by atoms with Crippen molar-refractivity contribution in [2.24, 2.45) is 0 Å². The number of ether oxygens (including phenoxy) is 1. The van der Waals surface area contributed by atoms with Crippen molar-refractivity contribution in [2.75, 3.05) is 5.32 Å². The molecule has 6 heteroatoms. The van der Waals surface area contributed by atoms with Crippen molar-refractivity contribution in [1.82, 2.24) is 10.9 Å². The van der Waals surface area contributed by atoms with Gasteiger partial charge in [-0.15, -0.1) is 0 Å². The third kappa shape index (κ3) is 4.32. The van der Waals surface area contributed by atoms with E-state index in [4.69, 9.17) is 17.0 Å². The van der Waals surface area contributed by atoms with Gasteiger partial charge in [-0.1, -0.05) is 12.5 Å². The standard InChI is InChI=1S/C23H27N3O2S/c1-15-6-7-17(12-16(15)2)24-22(29)26-25-20-14-23(10-4-3-5-11-23)28-21-9-8-18(27)13-19(20)21/h6-9,12-14,25,27H,3-5,10-11H2,1-2H3,(H2,24,26,29). The minimum atomic E-state index is -0.296. The van der Waals surface area contributed by atoms with Gasteiger partial charge in [0.2, 0.25) is 0 Å². The molecule has 4 rings (SSSR count). The van der Waals surface area contributed by atoms with Gasteiger partial charge in [-0.3, -0.25) is 10.9 Å². The molecule has 1 fully saturated rings. The fraction of sp³-hybridized carbons (Fsp3) is 0.348. The summed E-state index contributed by atoms with van der Waals surface area (Å²) in [5, 5.41) is 13.6. The van der Waals surface area contributed by atoms with Crippen LogP contribution in [0.25, 0.3) is 5.70 Å². The van der Waals surface area contributed by atoms with Crippen LogP contribution in [0.15, 0.2) is 42.5 Å². The molecule has 1 saturated carbocycles. The molecule has 5 nitrogen and oxygen atoms in total. The lowest BCUT2D eigenvalue weighted by molar-refractivity contribution is 0.0739. The summed E-state index contributed by atoms with van der Waals surface area (Å²) in [6.07, 6.45) is 7.66. The summed E-state index contributed by atoms with van der Waals surface area (Å²) in [7, 11) is 0. The molecule has 2 aromatic rings. The first-order chi connectivity index (χ1) is 13.9. The highest BCUT2D eigenvalue weighted by Crippen LogP contribution is 2.42. The summed E-state index contributed by atoms with van der Waals surface area (Å²) in [5.74, 6) is 0.986. The average molecular weight is 410 g/mol. The molecule has 1 aliphatic heterocycles. The molecule has 1 heterocycles. The fourth-order valence-corrected chi connectivity index (χ4v) is 4.18. The highest BCUT2D eigenvalue weighted by Gasteiger charge is 2.37. The second kappa shape index (κ2) is 7.95. The monoisotopic (exact) mass is 409 g/mol. The lowest BCUT2D eigenvalue weighted by Gasteiger charge is -2.39.